The van der Waals surface area contributed by atoms with Crippen LogP contribution in [0.4, 0.5) is 5.82 Å². The zero-order valence-electron chi connectivity index (χ0n) is 11.0. The van der Waals surface area contributed by atoms with Crippen LogP contribution in [0.2, 0.25) is 5.15 Å². The number of aryl methyl sites for hydroxylation is 1. The minimum atomic E-state index is -0.632. The highest BCUT2D eigenvalue weighted by Gasteiger charge is 2.39. The lowest BCUT2D eigenvalue weighted by molar-refractivity contribution is -0.126. The second-order valence-electron chi connectivity index (χ2n) is 4.98. The van der Waals surface area contributed by atoms with Crippen LogP contribution in [0.25, 0.3) is 0 Å². The second kappa shape index (κ2) is 4.39. The fourth-order valence-corrected chi connectivity index (χ4v) is 2.32. The van der Waals surface area contributed by atoms with E-state index in [0.29, 0.717) is 24.1 Å². The van der Waals surface area contributed by atoms with Crippen LogP contribution in [-0.2, 0) is 4.79 Å². The Morgan fingerprint density at radius 1 is 1.33 bits per heavy atom. The van der Waals surface area contributed by atoms with Crippen molar-refractivity contribution in [1.82, 2.24) is 15.3 Å². The Morgan fingerprint density at radius 2 is 2.00 bits per heavy atom. The lowest BCUT2D eigenvalue weighted by Crippen LogP contribution is -2.62. The molecular formula is C12H17ClN4O. The monoisotopic (exact) mass is 268 g/mol. The summed E-state index contributed by atoms with van der Waals surface area (Å²) < 4.78 is 0. The van der Waals surface area contributed by atoms with Gasteiger partial charge in [0.15, 0.2) is 0 Å². The predicted octanol–water partition coefficient (Wildman–Crippen LogP) is 1.46. The molecule has 2 heterocycles. The quantitative estimate of drug-likeness (QED) is 0.784. The lowest BCUT2D eigenvalue weighted by atomic mass is 9.98. The van der Waals surface area contributed by atoms with Crippen LogP contribution in [0.3, 0.4) is 0 Å². The summed E-state index contributed by atoms with van der Waals surface area (Å²) in [6, 6.07) is 0. The van der Waals surface area contributed by atoms with E-state index in [-0.39, 0.29) is 5.91 Å². The van der Waals surface area contributed by atoms with Gasteiger partial charge in [-0.3, -0.25) is 4.79 Å². The Hall–Kier alpha value is -1.36. The third-order valence-electron chi connectivity index (χ3n) is 3.28. The number of aromatic nitrogens is 2. The number of halogens is 1. The minimum Gasteiger partial charge on any atom is -0.352 e. The van der Waals surface area contributed by atoms with Gasteiger partial charge in [-0.15, -0.1) is 0 Å². The Labute approximate surface area is 112 Å². The molecular weight excluding hydrogens is 252 g/mol. The number of anilines is 1. The van der Waals surface area contributed by atoms with E-state index in [0.717, 1.165) is 11.4 Å². The number of nitrogens with zero attached hydrogens (tertiary/aromatic N) is 3. The van der Waals surface area contributed by atoms with Crippen molar-refractivity contribution in [2.24, 2.45) is 0 Å². The van der Waals surface area contributed by atoms with E-state index >= 15 is 0 Å². The summed E-state index contributed by atoms with van der Waals surface area (Å²) in [5.41, 5.74) is 0.178. The SMILES string of the molecule is Cc1nc(Cl)c(C)c(N2CCNC(=O)C2(C)C)n1. The average Bonchev–Trinajstić information content (AvgIpc) is 2.27. The second-order valence-corrected chi connectivity index (χ2v) is 5.33. The van der Waals surface area contributed by atoms with E-state index < -0.39 is 5.54 Å². The largest absolute Gasteiger partial charge is 0.352 e. The number of piperazine rings is 1. The molecule has 1 aromatic heterocycles. The van der Waals surface area contributed by atoms with Crippen LogP contribution in [0, 0.1) is 13.8 Å². The summed E-state index contributed by atoms with van der Waals surface area (Å²) >= 11 is 6.09. The molecule has 2 rings (SSSR count). The van der Waals surface area contributed by atoms with Crippen molar-refractivity contribution in [3.05, 3.63) is 16.5 Å². The van der Waals surface area contributed by atoms with Crippen molar-refractivity contribution in [1.29, 1.82) is 0 Å². The summed E-state index contributed by atoms with van der Waals surface area (Å²) in [5, 5.41) is 3.31. The zero-order valence-corrected chi connectivity index (χ0v) is 11.8. The van der Waals surface area contributed by atoms with Gasteiger partial charge in [0, 0.05) is 18.7 Å². The first-order chi connectivity index (χ1) is 8.34. The molecule has 0 aliphatic carbocycles. The van der Waals surface area contributed by atoms with Crippen LogP contribution in [-0.4, -0.2) is 34.5 Å². The molecule has 0 atom stereocenters. The van der Waals surface area contributed by atoms with Gasteiger partial charge in [0.2, 0.25) is 5.91 Å². The molecule has 6 heteroatoms. The van der Waals surface area contributed by atoms with Gasteiger partial charge in [0.25, 0.3) is 0 Å². The third-order valence-corrected chi connectivity index (χ3v) is 3.65. The van der Waals surface area contributed by atoms with Crippen molar-refractivity contribution in [2.75, 3.05) is 18.0 Å². The normalized spacial score (nSPS) is 18.7. The third kappa shape index (κ3) is 2.03. The molecule has 0 aromatic carbocycles. The molecule has 1 N–H and O–H groups in total. The highest BCUT2D eigenvalue weighted by Crippen LogP contribution is 2.30. The Morgan fingerprint density at radius 3 is 2.67 bits per heavy atom. The molecule has 0 bridgehead atoms. The number of rotatable bonds is 1. The van der Waals surface area contributed by atoms with Gasteiger partial charge in [-0.1, -0.05) is 11.6 Å². The van der Waals surface area contributed by atoms with E-state index in [1.807, 2.05) is 25.7 Å². The van der Waals surface area contributed by atoms with Crippen LogP contribution >= 0.6 is 11.6 Å². The van der Waals surface area contributed by atoms with Crippen molar-refractivity contribution in [2.45, 2.75) is 33.2 Å². The number of hydrogen-bond donors (Lipinski definition) is 1. The van der Waals surface area contributed by atoms with Gasteiger partial charge >= 0.3 is 0 Å². The van der Waals surface area contributed by atoms with Gasteiger partial charge in [0.1, 0.15) is 22.3 Å². The van der Waals surface area contributed by atoms with E-state index in [1.165, 1.54) is 0 Å². The van der Waals surface area contributed by atoms with Crippen LogP contribution in [0.5, 0.6) is 0 Å². The number of hydrogen-bond acceptors (Lipinski definition) is 4. The first-order valence-corrected chi connectivity index (χ1v) is 6.28. The fourth-order valence-electron chi connectivity index (χ4n) is 2.11. The van der Waals surface area contributed by atoms with Crippen molar-refractivity contribution in [3.8, 4) is 0 Å². The molecule has 0 radical (unpaired) electrons. The first-order valence-electron chi connectivity index (χ1n) is 5.90. The number of amides is 1. The Balaban J connectivity index is 2.51. The number of carbonyl (C=O) groups excluding carboxylic acids is 1. The summed E-state index contributed by atoms with van der Waals surface area (Å²) in [5.74, 6) is 1.36. The van der Waals surface area contributed by atoms with Crippen LogP contribution < -0.4 is 10.2 Å². The topological polar surface area (TPSA) is 58.1 Å². The van der Waals surface area contributed by atoms with E-state index in [9.17, 15) is 4.79 Å². The van der Waals surface area contributed by atoms with Crippen LogP contribution in [0.1, 0.15) is 25.2 Å². The molecule has 1 aliphatic rings. The fraction of sp³-hybridized carbons (Fsp3) is 0.583. The summed E-state index contributed by atoms with van der Waals surface area (Å²) in [6.07, 6.45) is 0. The van der Waals surface area contributed by atoms with E-state index in [4.69, 9.17) is 11.6 Å². The first kappa shape index (κ1) is 13.1. The standard InChI is InChI=1S/C12H17ClN4O/c1-7-9(13)15-8(2)16-10(7)17-6-5-14-11(18)12(17,3)4/h5-6H2,1-4H3,(H,14,18). The van der Waals surface area contributed by atoms with Gasteiger partial charge < -0.3 is 10.2 Å². The predicted molar refractivity (Wildman–Crippen MR) is 71.0 cm³/mol. The van der Waals surface area contributed by atoms with Gasteiger partial charge in [-0.05, 0) is 27.7 Å². The summed E-state index contributed by atoms with van der Waals surface area (Å²) in [4.78, 5) is 22.5. The molecule has 1 fully saturated rings. The Bertz CT molecular complexity index is 501. The van der Waals surface area contributed by atoms with E-state index in [2.05, 4.69) is 15.3 Å². The minimum absolute atomic E-state index is 0.000498. The molecule has 5 nitrogen and oxygen atoms in total. The molecule has 0 unspecified atom stereocenters. The number of carbonyl (C=O) groups is 1. The number of nitrogens with one attached hydrogen (secondary N) is 1. The highest BCUT2D eigenvalue weighted by atomic mass is 35.5. The summed E-state index contributed by atoms with van der Waals surface area (Å²) in [7, 11) is 0. The van der Waals surface area contributed by atoms with E-state index in [1.54, 1.807) is 6.92 Å². The molecule has 1 aliphatic heterocycles. The molecule has 98 valence electrons. The molecule has 1 saturated heterocycles. The summed E-state index contributed by atoms with van der Waals surface area (Å²) in [6.45, 7) is 8.76. The maximum atomic E-state index is 12.0. The highest BCUT2D eigenvalue weighted by molar-refractivity contribution is 6.30. The lowest BCUT2D eigenvalue weighted by Gasteiger charge is -2.42. The Kier molecular flexibility index (Phi) is 3.19. The smallest absolute Gasteiger partial charge is 0.245 e. The van der Waals surface area contributed by atoms with Crippen molar-refractivity contribution >= 4 is 23.3 Å². The molecule has 1 amide bonds. The van der Waals surface area contributed by atoms with Crippen molar-refractivity contribution < 1.29 is 4.79 Å². The molecule has 1 aromatic rings. The zero-order chi connectivity index (χ0) is 13.5. The average molecular weight is 269 g/mol. The van der Waals surface area contributed by atoms with Crippen LogP contribution in [0.15, 0.2) is 0 Å². The maximum absolute atomic E-state index is 12.0. The molecule has 0 spiro atoms. The maximum Gasteiger partial charge on any atom is 0.245 e. The van der Waals surface area contributed by atoms with Gasteiger partial charge in [-0.25, -0.2) is 9.97 Å². The van der Waals surface area contributed by atoms with Crippen molar-refractivity contribution in [3.63, 3.8) is 0 Å². The van der Waals surface area contributed by atoms with Gasteiger partial charge in [-0.2, -0.15) is 0 Å². The molecule has 0 saturated carbocycles. The molecule has 18 heavy (non-hydrogen) atoms. The van der Waals surface area contributed by atoms with Gasteiger partial charge in [0.05, 0.1) is 0 Å².